The van der Waals surface area contributed by atoms with Gasteiger partial charge in [-0.3, -0.25) is 4.79 Å². The van der Waals surface area contributed by atoms with E-state index in [2.05, 4.69) is 6.07 Å². The molecule has 2 aliphatic rings. The number of benzene rings is 3. The van der Waals surface area contributed by atoms with E-state index < -0.39 is 30.3 Å². The van der Waals surface area contributed by atoms with Gasteiger partial charge in [0.25, 0.3) is 5.91 Å². The number of amides is 1. The van der Waals surface area contributed by atoms with E-state index in [-0.39, 0.29) is 18.2 Å². The topological polar surface area (TPSA) is 90.6 Å². The van der Waals surface area contributed by atoms with Crippen LogP contribution < -0.4 is 0 Å². The molecular weight excluding hydrogens is 511 g/mol. The second-order valence-electron chi connectivity index (χ2n) is 9.47. The van der Waals surface area contributed by atoms with Crippen molar-refractivity contribution in [2.75, 3.05) is 0 Å². The summed E-state index contributed by atoms with van der Waals surface area (Å²) < 4.78 is 6.52. The van der Waals surface area contributed by atoms with E-state index >= 15 is 0 Å². The van der Waals surface area contributed by atoms with Gasteiger partial charge in [-0.1, -0.05) is 59.6 Å². The Morgan fingerprint density at radius 3 is 2.05 bits per heavy atom. The Hall–Kier alpha value is -3.37. The first-order chi connectivity index (χ1) is 17.9. The van der Waals surface area contributed by atoms with Gasteiger partial charge in [0.1, 0.15) is 18.2 Å². The lowest BCUT2D eigenvalue weighted by Crippen LogP contribution is -2.58. The monoisotopic (exact) mass is 534 g/mol. The lowest BCUT2D eigenvalue weighted by atomic mass is 9.88. The summed E-state index contributed by atoms with van der Waals surface area (Å²) in [7, 11) is 0. The minimum Gasteiger partial charge on any atom is -0.480 e. The number of halogens is 2. The second-order valence-corrected chi connectivity index (χ2v) is 10.3. The molecule has 1 aliphatic carbocycles. The number of nitrogens with zero attached hydrogens (tertiary/aromatic N) is 2. The summed E-state index contributed by atoms with van der Waals surface area (Å²) >= 11 is 12.3. The van der Waals surface area contributed by atoms with E-state index in [9.17, 15) is 14.7 Å². The Kier molecular flexibility index (Phi) is 7.21. The minimum atomic E-state index is -1.02. The molecule has 0 radical (unpaired) electrons. The van der Waals surface area contributed by atoms with Gasteiger partial charge in [-0.25, -0.2) is 4.79 Å². The fourth-order valence-electron chi connectivity index (χ4n) is 5.00. The lowest BCUT2D eigenvalue weighted by Gasteiger charge is -2.47. The summed E-state index contributed by atoms with van der Waals surface area (Å²) in [6.07, 6.45) is 0.204. The van der Waals surface area contributed by atoms with Crippen molar-refractivity contribution < 1.29 is 19.4 Å². The molecule has 1 saturated heterocycles. The van der Waals surface area contributed by atoms with Gasteiger partial charge in [-0.15, -0.1) is 0 Å². The average molecular weight is 535 g/mol. The van der Waals surface area contributed by atoms with Crippen LogP contribution in [0, 0.1) is 17.2 Å². The zero-order valence-electron chi connectivity index (χ0n) is 19.8. The third-order valence-corrected chi connectivity index (χ3v) is 7.47. The van der Waals surface area contributed by atoms with E-state index in [0.717, 1.165) is 29.5 Å². The van der Waals surface area contributed by atoms with Gasteiger partial charge in [-0.05, 0) is 71.8 Å². The van der Waals surface area contributed by atoms with Crippen molar-refractivity contribution in [2.24, 2.45) is 5.92 Å². The number of carbonyl (C=O) groups excluding carboxylic acids is 1. The molecule has 8 heteroatoms. The fraction of sp³-hybridized carbons (Fsp3) is 0.276. The molecule has 3 aromatic carbocycles. The molecular formula is C29H24Cl2N2O4. The van der Waals surface area contributed by atoms with Crippen molar-refractivity contribution in [3.63, 3.8) is 0 Å². The molecule has 1 amide bonds. The lowest BCUT2D eigenvalue weighted by molar-refractivity contribution is -0.185. The predicted molar refractivity (Wildman–Crippen MR) is 139 cm³/mol. The number of carboxylic acid groups (broad SMARTS) is 1. The summed E-state index contributed by atoms with van der Waals surface area (Å²) in [5.74, 6) is -1.51. The number of hydrogen-bond acceptors (Lipinski definition) is 4. The molecule has 1 saturated carbocycles. The largest absolute Gasteiger partial charge is 0.480 e. The maximum absolute atomic E-state index is 14.1. The molecule has 0 unspecified atom stereocenters. The molecule has 2 fully saturated rings. The number of aliphatic carboxylic acids is 1. The third-order valence-electron chi connectivity index (χ3n) is 6.96. The van der Waals surface area contributed by atoms with Gasteiger partial charge >= 0.3 is 5.97 Å². The maximum atomic E-state index is 14.1. The third kappa shape index (κ3) is 5.35. The molecule has 188 valence electrons. The van der Waals surface area contributed by atoms with E-state index in [0.29, 0.717) is 15.6 Å². The van der Waals surface area contributed by atoms with Crippen LogP contribution >= 0.6 is 23.2 Å². The normalized spacial score (nSPS) is 22.4. The van der Waals surface area contributed by atoms with Crippen LogP contribution in [0.25, 0.3) is 0 Å². The number of morpholine rings is 1. The summed E-state index contributed by atoms with van der Waals surface area (Å²) in [6.45, 7) is 0. The zero-order valence-corrected chi connectivity index (χ0v) is 21.3. The van der Waals surface area contributed by atoms with Crippen LogP contribution in [0.15, 0.2) is 72.8 Å². The van der Waals surface area contributed by atoms with E-state index in [1.165, 1.54) is 4.90 Å². The summed E-state index contributed by atoms with van der Waals surface area (Å²) in [5, 5.41) is 20.5. The Labute approximate surface area is 225 Å². The van der Waals surface area contributed by atoms with Crippen LogP contribution in [-0.2, 0) is 20.7 Å². The Morgan fingerprint density at radius 2 is 1.54 bits per heavy atom. The number of carboxylic acids is 1. The molecule has 6 nitrogen and oxygen atoms in total. The van der Waals surface area contributed by atoms with Crippen molar-refractivity contribution in [1.29, 1.82) is 5.26 Å². The van der Waals surface area contributed by atoms with Crippen LogP contribution in [0.1, 0.15) is 47.2 Å². The molecule has 1 aliphatic heterocycles. The second kappa shape index (κ2) is 10.5. The molecule has 1 heterocycles. The average Bonchev–Trinajstić information content (AvgIpc) is 3.73. The van der Waals surface area contributed by atoms with E-state index in [1.54, 1.807) is 48.5 Å². The van der Waals surface area contributed by atoms with Gasteiger partial charge in [0.2, 0.25) is 0 Å². The quantitative estimate of drug-likeness (QED) is 0.402. The standard InChI is InChI=1S/C29H24Cl2N2O4/c30-22-11-7-19(8-12-22)25-27(21-9-13-23(31)14-10-21)37-24(15-17-1-3-18(16-32)4-2-17)28(34)33(25)26(29(35)36)20-5-6-20/h1-4,7-14,20,24-27H,5-6,15H2,(H,35,36)/t24-,25+,26+,27-/m0/s1. The van der Waals surface area contributed by atoms with Gasteiger partial charge in [-0.2, -0.15) is 5.26 Å². The van der Waals surface area contributed by atoms with Crippen molar-refractivity contribution in [2.45, 2.75) is 43.6 Å². The van der Waals surface area contributed by atoms with Crippen LogP contribution in [-0.4, -0.2) is 34.0 Å². The first kappa shape index (κ1) is 25.3. The number of hydrogen-bond donors (Lipinski definition) is 1. The van der Waals surface area contributed by atoms with Crippen molar-refractivity contribution in [1.82, 2.24) is 4.90 Å². The van der Waals surface area contributed by atoms with Gasteiger partial charge < -0.3 is 14.7 Å². The molecule has 1 N–H and O–H groups in total. The van der Waals surface area contributed by atoms with Crippen LogP contribution in [0.5, 0.6) is 0 Å². The Morgan fingerprint density at radius 1 is 0.973 bits per heavy atom. The van der Waals surface area contributed by atoms with Crippen molar-refractivity contribution in [3.8, 4) is 6.07 Å². The van der Waals surface area contributed by atoms with Gasteiger partial charge in [0.05, 0.1) is 17.7 Å². The molecule has 4 atom stereocenters. The van der Waals surface area contributed by atoms with Crippen LogP contribution in [0.4, 0.5) is 0 Å². The number of nitriles is 1. The minimum absolute atomic E-state index is 0.115. The SMILES string of the molecule is N#Cc1ccc(C[C@@H]2O[C@@H](c3ccc(Cl)cc3)[C@@H](c3ccc(Cl)cc3)N([C@@H](C(=O)O)C3CC3)C2=O)cc1. The smallest absolute Gasteiger partial charge is 0.326 e. The first-order valence-corrected chi connectivity index (χ1v) is 12.8. The highest BCUT2D eigenvalue weighted by molar-refractivity contribution is 6.30. The molecule has 5 rings (SSSR count). The molecule has 0 bridgehead atoms. The molecule has 0 aromatic heterocycles. The predicted octanol–water partition coefficient (Wildman–Crippen LogP) is 5.98. The summed E-state index contributed by atoms with van der Waals surface area (Å²) in [6, 6.07) is 21.7. The van der Waals surface area contributed by atoms with E-state index in [1.807, 2.05) is 24.3 Å². The van der Waals surface area contributed by atoms with Crippen LogP contribution in [0.2, 0.25) is 10.0 Å². The molecule has 3 aromatic rings. The highest BCUT2D eigenvalue weighted by Crippen LogP contribution is 2.47. The zero-order chi connectivity index (χ0) is 26.1. The highest BCUT2D eigenvalue weighted by atomic mass is 35.5. The Bertz CT molecular complexity index is 1330. The summed E-state index contributed by atoms with van der Waals surface area (Å²) in [4.78, 5) is 28.2. The number of rotatable bonds is 7. The number of carbonyl (C=O) groups is 2. The van der Waals surface area contributed by atoms with E-state index in [4.69, 9.17) is 33.2 Å². The van der Waals surface area contributed by atoms with Crippen LogP contribution in [0.3, 0.4) is 0 Å². The van der Waals surface area contributed by atoms with Crippen molar-refractivity contribution in [3.05, 3.63) is 105 Å². The Balaban J connectivity index is 1.61. The first-order valence-electron chi connectivity index (χ1n) is 12.1. The maximum Gasteiger partial charge on any atom is 0.326 e. The highest BCUT2D eigenvalue weighted by Gasteiger charge is 2.52. The summed E-state index contributed by atoms with van der Waals surface area (Å²) in [5.41, 5.74) is 2.85. The van der Waals surface area contributed by atoms with Gasteiger partial charge in [0.15, 0.2) is 0 Å². The van der Waals surface area contributed by atoms with Crippen molar-refractivity contribution >= 4 is 35.1 Å². The molecule has 37 heavy (non-hydrogen) atoms. The fourth-order valence-corrected chi connectivity index (χ4v) is 5.25. The number of ether oxygens (including phenoxy) is 1. The molecule has 0 spiro atoms. The van der Waals surface area contributed by atoms with Gasteiger partial charge in [0, 0.05) is 16.5 Å².